The van der Waals surface area contributed by atoms with E-state index in [9.17, 15) is 0 Å². The van der Waals surface area contributed by atoms with Crippen molar-refractivity contribution in [2.45, 2.75) is 38.0 Å². The largest absolute Gasteiger partial charge is 0.310 e. The fraction of sp³-hybridized carbons (Fsp3) is 0.647. The van der Waals surface area contributed by atoms with E-state index in [4.69, 9.17) is 0 Å². The van der Waals surface area contributed by atoms with Gasteiger partial charge in [-0.3, -0.25) is 0 Å². The van der Waals surface area contributed by atoms with Crippen molar-refractivity contribution in [3.63, 3.8) is 0 Å². The maximum Gasteiger partial charge on any atom is 0.0343 e. The summed E-state index contributed by atoms with van der Waals surface area (Å²) in [5.41, 5.74) is 1.38. The second-order valence-corrected chi connectivity index (χ2v) is 8.96. The molecule has 1 atom stereocenters. The van der Waals surface area contributed by atoms with E-state index < -0.39 is 0 Å². The first kappa shape index (κ1) is 17.3. The Morgan fingerprint density at radius 1 is 1.38 bits per heavy atom. The van der Waals surface area contributed by atoms with Gasteiger partial charge in [0.25, 0.3) is 0 Å². The molecule has 2 rings (SSSR count). The van der Waals surface area contributed by atoms with E-state index in [1.165, 1.54) is 35.4 Å². The van der Waals surface area contributed by atoms with Crippen LogP contribution in [0, 0.1) is 0 Å². The summed E-state index contributed by atoms with van der Waals surface area (Å²) >= 11 is 5.80. The SMILES string of the molecule is CCNC(CCN1CCSC(C)(C)C1)c1ccccc1Br. The zero-order valence-electron chi connectivity index (χ0n) is 13.4. The summed E-state index contributed by atoms with van der Waals surface area (Å²) in [4.78, 5) is 2.62. The van der Waals surface area contributed by atoms with Crippen LogP contribution in [0.2, 0.25) is 0 Å². The highest BCUT2D eigenvalue weighted by molar-refractivity contribution is 9.10. The number of nitrogens with zero attached hydrogens (tertiary/aromatic N) is 1. The van der Waals surface area contributed by atoms with Gasteiger partial charge in [-0.15, -0.1) is 0 Å². The standard InChI is InChI=1S/C17H27BrN2S/c1-4-19-16(14-7-5-6-8-15(14)18)9-10-20-11-12-21-17(2,3)13-20/h5-8,16,19H,4,9-13H2,1-3H3. The molecule has 1 aliphatic heterocycles. The lowest BCUT2D eigenvalue weighted by atomic mass is 10.0. The summed E-state index contributed by atoms with van der Waals surface area (Å²) in [5, 5.41) is 3.64. The minimum absolute atomic E-state index is 0.402. The number of thioether (sulfide) groups is 1. The first-order valence-corrected chi connectivity index (χ1v) is 9.64. The topological polar surface area (TPSA) is 15.3 Å². The molecule has 1 fully saturated rings. The van der Waals surface area contributed by atoms with Crippen LogP contribution in [0.15, 0.2) is 28.7 Å². The van der Waals surface area contributed by atoms with Crippen molar-refractivity contribution in [1.82, 2.24) is 10.2 Å². The van der Waals surface area contributed by atoms with Crippen molar-refractivity contribution >= 4 is 27.7 Å². The Balaban J connectivity index is 1.96. The van der Waals surface area contributed by atoms with E-state index >= 15 is 0 Å². The zero-order chi connectivity index (χ0) is 15.3. The van der Waals surface area contributed by atoms with Gasteiger partial charge >= 0.3 is 0 Å². The molecule has 0 radical (unpaired) electrons. The van der Waals surface area contributed by atoms with Gasteiger partial charge in [0.2, 0.25) is 0 Å². The molecule has 4 heteroatoms. The first-order valence-electron chi connectivity index (χ1n) is 7.86. The number of nitrogens with one attached hydrogen (secondary N) is 1. The lowest BCUT2D eigenvalue weighted by molar-refractivity contribution is 0.245. The minimum atomic E-state index is 0.402. The van der Waals surface area contributed by atoms with Crippen LogP contribution in [0.4, 0.5) is 0 Å². The average Bonchev–Trinajstić information content (AvgIpc) is 2.43. The van der Waals surface area contributed by atoms with Crippen molar-refractivity contribution in [2.24, 2.45) is 0 Å². The van der Waals surface area contributed by atoms with Gasteiger partial charge in [-0.2, -0.15) is 11.8 Å². The molecule has 1 N–H and O–H groups in total. The Bertz CT molecular complexity index is 450. The van der Waals surface area contributed by atoms with E-state index in [1.807, 2.05) is 0 Å². The van der Waals surface area contributed by atoms with Crippen LogP contribution >= 0.6 is 27.7 Å². The van der Waals surface area contributed by atoms with Gasteiger partial charge in [-0.25, -0.2) is 0 Å². The maximum absolute atomic E-state index is 3.69. The van der Waals surface area contributed by atoms with Crippen LogP contribution in [0.3, 0.4) is 0 Å². The molecule has 118 valence electrons. The Morgan fingerprint density at radius 2 is 2.14 bits per heavy atom. The van der Waals surface area contributed by atoms with Crippen molar-refractivity contribution < 1.29 is 0 Å². The minimum Gasteiger partial charge on any atom is -0.310 e. The molecule has 1 saturated heterocycles. The third-order valence-electron chi connectivity index (χ3n) is 3.97. The van der Waals surface area contributed by atoms with E-state index in [0.717, 1.165) is 13.0 Å². The number of hydrogen-bond acceptors (Lipinski definition) is 3. The quantitative estimate of drug-likeness (QED) is 0.802. The van der Waals surface area contributed by atoms with Crippen LogP contribution in [0.25, 0.3) is 0 Å². The molecule has 0 amide bonds. The molecule has 1 heterocycles. The summed E-state index contributed by atoms with van der Waals surface area (Å²) in [6.07, 6.45) is 1.16. The number of hydrogen-bond donors (Lipinski definition) is 1. The van der Waals surface area contributed by atoms with Crippen molar-refractivity contribution in [3.05, 3.63) is 34.3 Å². The number of benzene rings is 1. The Kier molecular flexibility index (Phi) is 6.60. The molecule has 0 bridgehead atoms. The first-order chi connectivity index (χ1) is 10.0. The van der Waals surface area contributed by atoms with Gasteiger partial charge in [0.15, 0.2) is 0 Å². The number of halogens is 1. The predicted octanol–water partition coefficient (Wildman–Crippen LogP) is 4.32. The zero-order valence-corrected chi connectivity index (χ0v) is 15.8. The molecule has 21 heavy (non-hydrogen) atoms. The second kappa shape index (κ2) is 8.00. The van der Waals surface area contributed by atoms with Crippen LogP contribution in [0.5, 0.6) is 0 Å². The highest BCUT2D eigenvalue weighted by atomic mass is 79.9. The summed E-state index contributed by atoms with van der Waals surface area (Å²) in [5.74, 6) is 1.26. The van der Waals surface area contributed by atoms with Crippen LogP contribution < -0.4 is 5.32 Å². The van der Waals surface area contributed by atoms with E-state index in [0.29, 0.717) is 10.8 Å². The lowest BCUT2D eigenvalue weighted by Gasteiger charge is -2.38. The molecule has 1 unspecified atom stereocenters. The molecule has 0 aliphatic carbocycles. The van der Waals surface area contributed by atoms with Crippen LogP contribution in [0.1, 0.15) is 38.8 Å². The molecule has 0 aromatic heterocycles. The summed E-state index contributed by atoms with van der Waals surface area (Å²) in [6, 6.07) is 9.02. The van der Waals surface area contributed by atoms with Crippen LogP contribution in [-0.4, -0.2) is 41.6 Å². The van der Waals surface area contributed by atoms with E-state index in [-0.39, 0.29) is 0 Å². The van der Waals surface area contributed by atoms with Crippen molar-refractivity contribution in [3.8, 4) is 0 Å². The fourth-order valence-corrected chi connectivity index (χ4v) is 4.73. The second-order valence-electron chi connectivity index (χ2n) is 6.30. The molecule has 1 aromatic rings. The third kappa shape index (κ3) is 5.27. The van der Waals surface area contributed by atoms with Crippen molar-refractivity contribution in [1.29, 1.82) is 0 Å². The summed E-state index contributed by atoms with van der Waals surface area (Å²) in [6.45, 7) is 11.5. The van der Waals surface area contributed by atoms with Gasteiger partial charge in [0.05, 0.1) is 0 Å². The predicted molar refractivity (Wildman–Crippen MR) is 98.2 cm³/mol. The molecule has 0 saturated carbocycles. The molecular weight excluding hydrogens is 344 g/mol. The number of rotatable bonds is 6. The Morgan fingerprint density at radius 3 is 2.81 bits per heavy atom. The van der Waals surface area contributed by atoms with Gasteiger partial charge in [0.1, 0.15) is 0 Å². The highest BCUT2D eigenvalue weighted by Crippen LogP contribution is 2.31. The van der Waals surface area contributed by atoms with Crippen molar-refractivity contribution in [2.75, 3.05) is 31.9 Å². The van der Waals surface area contributed by atoms with Gasteiger partial charge in [-0.1, -0.05) is 41.1 Å². The van der Waals surface area contributed by atoms with Gasteiger partial charge in [-0.05, 0) is 38.4 Å². The third-order valence-corrected chi connectivity index (χ3v) is 5.99. The van der Waals surface area contributed by atoms with E-state index in [2.05, 4.69) is 82.9 Å². The van der Waals surface area contributed by atoms with Gasteiger partial charge in [0, 0.05) is 40.6 Å². The summed E-state index contributed by atoms with van der Waals surface area (Å²) < 4.78 is 1.62. The molecule has 1 aliphatic rings. The average molecular weight is 371 g/mol. The molecule has 1 aromatic carbocycles. The van der Waals surface area contributed by atoms with E-state index in [1.54, 1.807) is 0 Å². The van der Waals surface area contributed by atoms with Gasteiger partial charge < -0.3 is 10.2 Å². The lowest BCUT2D eigenvalue weighted by Crippen LogP contribution is -2.44. The highest BCUT2D eigenvalue weighted by Gasteiger charge is 2.27. The Labute approximate surface area is 142 Å². The smallest absolute Gasteiger partial charge is 0.0343 e. The van der Waals surface area contributed by atoms with Crippen LogP contribution in [-0.2, 0) is 0 Å². The Hall–Kier alpha value is -0.0300. The maximum atomic E-state index is 3.69. The fourth-order valence-electron chi connectivity index (χ4n) is 2.99. The molecule has 0 spiro atoms. The molecular formula is C17H27BrN2S. The normalized spacial score (nSPS) is 20.4. The monoisotopic (exact) mass is 370 g/mol. The molecule has 2 nitrogen and oxygen atoms in total. The summed E-state index contributed by atoms with van der Waals surface area (Å²) in [7, 11) is 0.